The van der Waals surface area contributed by atoms with Crippen LogP contribution in [-0.4, -0.2) is 22.9 Å². The molecule has 142 valence electrons. The lowest BCUT2D eigenvalue weighted by atomic mass is 10.1. The number of carbonyl (C=O) groups excluding carboxylic acids is 1. The Labute approximate surface area is 162 Å². The van der Waals surface area contributed by atoms with E-state index in [0.717, 1.165) is 16.8 Å². The SMILES string of the molecule is Cc1ccc(Nc2ccc(C(=O)NCc3ccc4c(c3)OCO4)nn2)c(C)c1. The lowest BCUT2D eigenvalue weighted by Crippen LogP contribution is -2.24. The summed E-state index contributed by atoms with van der Waals surface area (Å²) in [6, 6.07) is 15.1. The molecule has 7 nitrogen and oxygen atoms in total. The van der Waals surface area contributed by atoms with Crippen LogP contribution in [0.3, 0.4) is 0 Å². The number of anilines is 2. The van der Waals surface area contributed by atoms with Crippen molar-refractivity contribution in [3.05, 3.63) is 70.9 Å². The summed E-state index contributed by atoms with van der Waals surface area (Å²) in [5.74, 6) is 1.70. The summed E-state index contributed by atoms with van der Waals surface area (Å²) in [7, 11) is 0. The third-order valence-electron chi connectivity index (χ3n) is 4.43. The average Bonchev–Trinajstić information content (AvgIpc) is 3.17. The van der Waals surface area contributed by atoms with Gasteiger partial charge in [-0.3, -0.25) is 4.79 Å². The first-order valence-corrected chi connectivity index (χ1v) is 8.93. The number of amides is 1. The zero-order valence-electron chi connectivity index (χ0n) is 15.7. The Kier molecular flexibility index (Phi) is 4.80. The molecule has 0 atom stereocenters. The smallest absolute Gasteiger partial charge is 0.272 e. The molecule has 1 aromatic heterocycles. The molecule has 0 aliphatic carbocycles. The van der Waals surface area contributed by atoms with Gasteiger partial charge in [0.1, 0.15) is 0 Å². The van der Waals surface area contributed by atoms with Crippen LogP contribution in [0.15, 0.2) is 48.5 Å². The number of nitrogens with one attached hydrogen (secondary N) is 2. The van der Waals surface area contributed by atoms with E-state index in [2.05, 4.69) is 26.9 Å². The summed E-state index contributed by atoms with van der Waals surface area (Å²) in [6.07, 6.45) is 0. The van der Waals surface area contributed by atoms with Crippen LogP contribution in [0.2, 0.25) is 0 Å². The molecule has 1 aliphatic heterocycles. The molecule has 7 heteroatoms. The second-order valence-electron chi connectivity index (χ2n) is 6.62. The van der Waals surface area contributed by atoms with E-state index in [9.17, 15) is 4.79 Å². The van der Waals surface area contributed by atoms with Gasteiger partial charge in [0.15, 0.2) is 23.0 Å². The number of nitrogens with zero attached hydrogens (tertiary/aromatic N) is 2. The van der Waals surface area contributed by atoms with E-state index in [0.29, 0.717) is 23.9 Å². The molecular formula is C21H20N4O3. The molecule has 0 radical (unpaired) electrons. The fraction of sp³-hybridized carbons (Fsp3) is 0.190. The normalized spacial score (nSPS) is 11.9. The van der Waals surface area contributed by atoms with Gasteiger partial charge in [-0.1, -0.05) is 23.8 Å². The van der Waals surface area contributed by atoms with Gasteiger partial charge in [-0.05, 0) is 55.3 Å². The van der Waals surface area contributed by atoms with Crippen LogP contribution in [0.5, 0.6) is 11.5 Å². The molecule has 0 fully saturated rings. The van der Waals surface area contributed by atoms with E-state index >= 15 is 0 Å². The van der Waals surface area contributed by atoms with Gasteiger partial charge in [0.25, 0.3) is 5.91 Å². The third-order valence-corrected chi connectivity index (χ3v) is 4.43. The van der Waals surface area contributed by atoms with Crippen LogP contribution in [0.4, 0.5) is 11.5 Å². The molecule has 1 aliphatic rings. The summed E-state index contributed by atoms with van der Waals surface area (Å²) >= 11 is 0. The summed E-state index contributed by atoms with van der Waals surface area (Å²) < 4.78 is 10.6. The first-order chi connectivity index (χ1) is 13.6. The van der Waals surface area contributed by atoms with Crippen molar-refractivity contribution in [2.75, 3.05) is 12.1 Å². The predicted octanol–water partition coefficient (Wildman–Crippen LogP) is 3.50. The highest BCUT2D eigenvalue weighted by atomic mass is 16.7. The number of aryl methyl sites for hydroxylation is 2. The highest BCUT2D eigenvalue weighted by molar-refractivity contribution is 5.92. The minimum absolute atomic E-state index is 0.225. The number of carbonyl (C=O) groups is 1. The molecule has 0 saturated heterocycles. The molecule has 2 heterocycles. The number of hydrogen-bond donors (Lipinski definition) is 2. The van der Waals surface area contributed by atoms with Gasteiger partial charge in [-0.15, -0.1) is 10.2 Å². The van der Waals surface area contributed by atoms with Gasteiger partial charge in [-0.25, -0.2) is 0 Å². The first kappa shape index (κ1) is 17.8. The minimum Gasteiger partial charge on any atom is -0.454 e. The Hall–Kier alpha value is -3.61. The number of rotatable bonds is 5. The molecule has 2 aromatic carbocycles. The highest BCUT2D eigenvalue weighted by Crippen LogP contribution is 2.32. The molecule has 0 unspecified atom stereocenters. The topological polar surface area (TPSA) is 85.4 Å². The van der Waals surface area contributed by atoms with Gasteiger partial charge >= 0.3 is 0 Å². The second kappa shape index (κ2) is 7.56. The molecule has 28 heavy (non-hydrogen) atoms. The van der Waals surface area contributed by atoms with E-state index in [1.165, 1.54) is 5.56 Å². The quantitative estimate of drug-likeness (QED) is 0.709. The Morgan fingerprint density at radius 1 is 1.00 bits per heavy atom. The molecular weight excluding hydrogens is 356 g/mol. The lowest BCUT2D eigenvalue weighted by Gasteiger charge is -2.09. The van der Waals surface area contributed by atoms with Crippen molar-refractivity contribution in [1.82, 2.24) is 15.5 Å². The third kappa shape index (κ3) is 3.88. The van der Waals surface area contributed by atoms with Crippen molar-refractivity contribution < 1.29 is 14.3 Å². The van der Waals surface area contributed by atoms with Gasteiger partial charge in [-0.2, -0.15) is 0 Å². The van der Waals surface area contributed by atoms with Gasteiger partial charge in [0.05, 0.1) is 0 Å². The Balaban J connectivity index is 1.37. The van der Waals surface area contributed by atoms with E-state index in [1.54, 1.807) is 12.1 Å². The fourth-order valence-electron chi connectivity index (χ4n) is 2.94. The maximum absolute atomic E-state index is 12.3. The molecule has 2 N–H and O–H groups in total. The summed E-state index contributed by atoms with van der Waals surface area (Å²) in [4.78, 5) is 12.3. The van der Waals surface area contributed by atoms with E-state index in [-0.39, 0.29) is 18.4 Å². The molecule has 1 amide bonds. The average molecular weight is 376 g/mol. The highest BCUT2D eigenvalue weighted by Gasteiger charge is 2.14. The van der Waals surface area contributed by atoms with Crippen molar-refractivity contribution in [1.29, 1.82) is 0 Å². The van der Waals surface area contributed by atoms with Crippen molar-refractivity contribution in [2.45, 2.75) is 20.4 Å². The van der Waals surface area contributed by atoms with Crippen LogP contribution in [0.1, 0.15) is 27.2 Å². The van der Waals surface area contributed by atoms with Crippen LogP contribution in [0.25, 0.3) is 0 Å². The summed E-state index contributed by atoms with van der Waals surface area (Å²) in [6.45, 7) is 4.66. The Morgan fingerprint density at radius 3 is 2.64 bits per heavy atom. The molecule has 3 aromatic rings. The molecule has 0 saturated carbocycles. The van der Waals surface area contributed by atoms with Crippen molar-refractivity contribution >= 4 is 17.4 Å². The van der Waals surface area contributed by atoms with Gasteiger partial charge < -0.3 is 20.1 Å². The lowest BCUT2D eigenvalue weighted by molar-refractivity contribution is 0.0945. The first-order valence-electron chi connectivity index (χ1n) is 8.93. The van der Waals surface area contributed by atoms with Crippen molar-refractivity contribution in [3.8, 4) is 11.5 Å². The molecule has 0 bridgehead atoms. The second-order valence-corrected chi connectivity index (χ2v) is 6.62. The van der Waals surface area contributed by atoms with E-state index in [4.69, 9.17) is 9.47 Å². The zero-order valence-corrected chi connectivity index (χ0v) is 15.7. The maximum Gasteiger partial charge on any atom is 0.272 e. The molecule has 0 spiro atoms. The Bertz CT molecular complexity index is 1020. The number of hydrogen-bond acceptors (Lipinski definition) is 6. The summed E-state index contributed by atoms with van der Waals surface area (Å²) in [5.41, 5.74) is 4.45. The van der Waals surface area contributed by atoms with Crippen molar-refractivity contribution in [3.63, 3.8) is 0 Å². The maximum atomic E-state index is 12.3. The van der Waals surface area contributed by atoms with Crippen LogP contribution in [-0.2, 0) is 6.54 Å². The van der Waals surface area contributed by atoms with Crippen LogP contribution >= 0.6 is 0 Å². The number of fused-ring (bicyclic) bond motifs is 1. The summed E-state index contributed by atoms with van der Waals surface area (Å²) in [5, 5.41) is 14.2. The molecule has 4 rings (SSSR count). The number of aromatic nitrogens is 2. The van der Waals surface area contributed by atoms with Crippen molar-refractivity contribution in [2.24, 2.45) is 0 Å². The number of benzene rings is 2. The van der Waals surface area contributed by atoms with E-state index in [1.807, 2.05) is 44.2 Å². The van der Waals surface area contributed by atoms with Crippen LogP contribution in [0, 0.1) is 13.8 Å². The van der Waals surface area contributed by atoms with Gasteiger partial charge in [0, 0.05) is 12.2 Å². The van der Waals surface area contributed by atoms with Crippen LogP contribution < -0.4 is 20.1 Å². The Morgan fingerprint density at radius 2 is 1.86 bits per heavy atom. The standard InChI is InChI=1S/C21H20N4O3/c1-13-3-5-16(14(2)9-13)23-20-8-6-17(24-25-20)21(26)22-11-15-4-7-18-19(10-15)28-12-27-18/h3-10H,11-12H2,1-2H3,(H,22,26)(H,23,25). The predicted molar refractivity (Wildman–Crippen MR) is 105 cm³/mol. The zero-order chi connectivity index (χ0) is 19.5. The minimum atomic E-state index is -0.289. The van der Waals surface area contributed by atoms with E-state index < -0.39 is 0 Å². The largest absolute Gasteiger partial charge is 0.454 e. The van der Waals surface area contributed by atoms with Gasteiger partial charge in [0.2, 0.25) is 6.79 Å². The number of ether oxygens (including phenoxy) is 2. The monoisotopic (exact) mass is 376 g/mol. The fourth-order valence-corrected chi connectivity index (χ4v) is 2.94.